The molecule has 0 saturated heterocycles. The summed E-state index contributed by atoms with van der Waals surface area (Å²) in [7, 11) is 0. The first-order chi connectivity index (χ1) is 12.1. The van der Waals surface area contributed by atoms with Gasteiger partial charge in [-0.3, -0.25) is 14.7 Å². The van der Waals surface area contributed by atoms with Crippen molar-refractivity contribution in [3.63, 3.8) is 0 Å². The molecule has 1 amide bonds. The van der Waals surface area contributed by atoms with Crippen molar-refractivity contribution < 1.29 is 19.4 Å². The molecule has 3 rings (SSSR count). The number of nitrogens with one attached hydrogen (secondary N) is 2. The number of aromatic nitrogens is 2. The molecule has 1 aromatic heterocycles. The van der Waals surface area contributed by atoms with Crippen molar-refractivity contribution in [3.05, 3.63) is 47.3 Å². The van der Waals surface area contributed by atoms with Crippen LogP contribution in [0.4, 0.5) is 0 Å². The maximum absolute atomic E-state index is 12.1. The van der Waals surface area contributed by atoms with Crippen LogP contribution in [0.2, 0.25) is 0 Å². The quantitative estimate of drug-likeness (QED) is 0.607. The van der Waals surface area contributed by atoms with Crippen molar-refractivity contribution >= 4 is 11.9 Å². The molecule has 0 bridgehead atoms. The van der Waals surface area contributed by atoms with Gasteiger partial charge in [0.25, 0.3) is 5.91 Å². The first-order valence-electron chi connectivity index (χ1n) is 8.39. The SMILES string of the molecule is O=C(O)CCCOc1ccc(CNC(=O)c2cc(C3CC3)[nH]n2)cc1. The number of carboxylic acids is 1. The third-order valence-electron chi connectivity index (χ3n) is 4.03. The average Bonchev–Trinajstić information content (AvgIpc) is 3.34. The number of hydrogen-bond donors (Lipinski definition) is 3. The lowest BCUT2D eigenvalue weighted by Gasteiger charge is -2.07. The smallest absolute Gasteiger partial charge is 0.303 e. The Hall–Kier alpha value is -2.83. The van der Waals surface area contributed by atoms with Crippen LogP contribution in [0.3, 0.4) is 0 Å². The molecule has 25 heavy (non-hydrogen) atoms. The molecule has 3 N–H and O–H groups in total. The van der Waals surface area contributed by atoms with Gasteiger partial charge in [-0.05, 0) is 43.0 Å². The zero-order valence-corrected chi connectivity index (χ0v) is 13.8. The fraction of sp³-hybridized carbons (Fsp3) is 0.389. The minimum atomic E-state index is -0.823. The number of nitrogens with zero attached hydrogens (tertiary/aromatic N) is 1. The number of carboxylic acid groups (broad SMARTS) is 1. The summed E-state index contributed by atoms with van der Waals surface area (Å²) in [6, 6.07) is 9.17. The lowest BCUT2D eigenvalue weighted by Crippen LogP contribution is -2.23. The molecule has 0 atom stereocenters. The van der Waals surface area contributed by atoms with Crippen LogP contribution < -0.4 is 10.1 Å². The third kappa shape index (κ3) is 5.07. The molecule has 1 aromatic carbocycles. The van der Waals surface area contributed by atoms with Gasteiger partial charge in [0, 0.05) is 24.6 Å². The fourth-order valence-electron chi connectivity index (χ4n) is 2.45. The highest BCUT2D eigenvalue weighted by molar-refractivity contribution is 5.92. The predicted molar refractivity (Wildman–Crippen MR) is 90.5 cm³/mol. The van der Waals surface area contributed by atoms with E-state index in [2.05, 4.69) is 15.5 Å². The molecule has 1 fully saturated rings. The van der Waals surface area contributed by atoms with E-state index in [1.54, 1.807) is 0 Å². The van der Waals surface area contributed by atoms with Crippen LogP contribution in [0.5, 0.6) is 5.75 Å². The summed E-state index contributed by atoms with van der Waals surface area (Å²) in [6.45, 7) is 0.772. The number of carbonyl (C=O) groups is 2. The van der Waals surface area contributed by atoms with Crippen LogP contribution in [0, 0.1) is 0 Å². The summed E-state index contributed by atoms with van der Waals surface area (Å²) >= 11 is 0. The molecule has 0 aliphatic heterocycles. The number of rotatable bonds is 9. The summed E-state index contributed by atoms with van der Waals surface area (Å²) in [5.41, 5.74) is 2.40. The lowest BCUT2D eigenvalue weighted by molar-refractivity contribution is -0.137. The number of hydrogen-bond acceptors (Lipinski definition) is 4. The highest BCUT2D eigenvalue weighted by Gasteiger charge is 2.26. The van der Waals surface area contributed by atoms with Gasteiger partial charge in [0.1, 0.15) is 11.4 Å². The van der Waals surface area contributed by atoms with Crippen LogP contribution in [0.15, 0.2) is 30.3 Å². The minimum Gasteiger partial charge on any atom is -0.494 e. The van der Waals surface area contributed by atoms with Crippen molar-refractivity contribution in [2.45, 2.75) is 38.1 Å². The van der Waals surface area contributed by atoms with Crippen molar-refractivity contribution in [2.24, 2.45) is 0 Å². The Morgan fingerprint density at radius 2 is 2.04 bits per heavy atom. The summed E-state index contributed by atoms with van der Waals surface area (Å²) in [4.78, 5) is 22.5. The number of amides is 1. The first-order valence-corrected chi connectivity index (χ1v) is 8.39. The maximum Gasteiger partial charge on any atom is 0.303 e. The van der Waals surface area contributed by atoms with E-state index in [-0.39, 0.29) is 12.3 Å². The topological polar surface area (TPSA) is 104 Å². The Kier molecular flexibility index (Phi) is 5.33. The number of H-pyrrole nitrogens is 1. The predicted octanol–water partition coefficient (Wildman–Crippen LogP) is 2.46. The highest BCUT2D eigenvalue weighted by atomic mass is 16.5. The molecule has 1 aliphatic rings. The molecule has 1 aliphatic carbocycles. The fourth-order valence-corrected chi connectivity index (χ4v) is 2.45. The molecule has 0 unspecified atom stereocenters. The van der Waals surface area contributed by atoms with E-state index in [0.29, 0.717) is 36.9 Å². The van der Waals surface area contributed by atoms with Crippen molar-refractivity contribution in [2.75, 3.05) is 6.61 Å². The number of aliphatic carboxylic acids is 1. The Balaban J connectivity index is 1.43. The largest absolute Gasteiger partial charge is 0.494 e. The minimum absolute atomic E-state index is 0.0970. The maximum atomic E-state index is 12.1. The molecule has 0 radical (unpaired) electrons. The van der Waals surface area contributed by atoms with Crippen molar-refractivity contribution in [1.29, 1.82) is 0 Å². The molecule has 2 aromatic rings. The monoisotopic (exact) mass is 343 g/mol. The van der Waals surface area contributed by atoms with E-state index >= 15 is 0 Å². The standard InChI is InChI=1S/C18H21N3O4/c22-17(23)2-1-9-25-14-7-3-12(4-8-14)11-19-18(24)16-10-15(20-21-16)13-5-6-13/h3-4,7-8,10,13H,1-2,5-6,9,11H2,(H,19,24)(H,20,21)(H,22,23). The van der Waals surface area contributed by atoms with Gasteiger partial charge in [-0.15, -0.1) is 0 Å². The lowest BCUT2D eigenvalue weighted by atomic mass is 10.2. The van der Waals surface area contributed by atoms with Gasteiger partial charge in [-0.2, -0.15) is 5.10 Å². The van der Waals surface area contributed by atoms with Crippen LogP contribution in [0.25, 0.3) is 0 Å². The van der Waals surface area contributed by atoms with Crippen LogP contribution in [-0.4, -0.2) is 33.8 Å². The van der Waals surface area contributed by atoms with Gasteiger partial charge in [0.2, 0.25) is 0 Å². The van der Waals surface area contributed by atoms with E-state index in [1.165, 1.54) is 0 Å². The third-order valence-corrected chi connectivity index (χ3v) is 4.03. The summed E-state index contributed by atoms with van der Waals surface area (Å²) in [5.74, 6) is 0.201. The van der Waals surface area contributed by atoms with Crippen LogP contribution in [0.1, 0.15) is 53.3 Å². The molecular formula is C18H21N3O4. The van der Waals surface area contributed by atoms with E-state index in [9.17, 15) is 9.59 Å². The second-order valence-corrected chi connectivity index (χ2v) is 6.16. The van der Waals surface area contributed by atoms with E-state index in [1.807, 2.05) is 30.3 Å². The summed E-state index contributed by atoms with van der Waals surface area (Å²) < 4.78 is 5.47. The Bertz CT molecular complexity index is 735. The van der Waals surface area contributed by atoms with Gasteiger partial charge < -0.3 is 15.2 Å². The molecular weight excluding hydrogens is 322 g/mol. The van der Waals surface area contributed by atoms with Gasteiger partial charge in [-0.1, -0.05) is 12.1 Å². The molecule has 0 spiro atoms. The van der Waals surface area contributed by atoms with Crippen molar-refractivity contribution in [1.82, 2.24) is 15.5 Å². The normalized spacial score (nSPS) is 13.4. The van der Waals surface area contributed by atoms with Crippen molar-refractivity contribution in [3.8, 4) is 5.75 Å². The molecule has 1 heterocycles. The Labute approximate surface area is 145 Å². The van der Waals surface area contributed by atoms with Gasteiger partial charge >= 0.3 is 5.97 Å². The molecule has 7 nitrogen and oxygen atoms in total. The van der Waals surface area contributed by atoms with Crippen LogP contribution >= 0.6 is 0 Å². The van der Waals surface area contributed by atoms with Gasteiger partial charge in [0.05, 0.1) is 6.61 Å². The van der Waals surface area contributed by atoms with E-state index in [4.69, 9.17) is 9.84 Å². The molecule has 7 heteroatoms. The van der Waals surface area contributed by atoms with Gasteiger partial charge in [0.15, 0.2) is 0 Å². The zero-order chi connectivity index (χ0) is 17.6. The van der Waals surface area contributed by atoms with E-state index < -0.39 is 5.97 Å². The zero-order valence-electron chi connectivity index (χ0n) is 13.8. The number of ether oxygens (including phenoxy) is 1. The molecule has 1 saturated carbocycles. The van der Waals surface area contributed by atoms with Gasteiger partial charge in [-0.25, -0.2) is 0 Å². The van der Waals surface area contributed by atoms with Crippen LogP contribution in [-0.2, 0) is 11.3 Å². The molecule has 132 valence electrons. The number of benzene rings is 1. The van der Waals surface area contributed by atoms with E-state index in [0.717, 1.165) is 24.1 Å². The second-order valence-electron chi connectivity index (χ2n) is 6.16. The summed E-state index contributed by atoms with van der Waals surface area (Å²) in [5, 5.41) is 18.4. The Morgan fingerprint density at radius 1 is 1.28 bits per heavy atom. The average molecular weight is 343 g/mol. The first kappa shape index (κ1) is 17.0. The number of aromatic amines is 1. The Morgan fingerprint density at radius 3 is 2.72 bits per heavy atom. The number of carbonyl (C=O) groups excluding carboxylic acids is 1. The highest BCUT2D eigenvalue weighted by Crippen LogP contribution is 2.38. The summed E-state index contributed by atoms with van der Waals surface area (Å²) in [6.07, 6.45) is 2.89. The second kappa shape index (κ2) is 7.83.